The first-order valence-electron chi connectivity index (χ1n) is 25.7. The molecule has 4 atom stereocenters. The molecule has 0 saturated heterocycles. The van der Waals surface area contributed by atoms with Crippen LogP contribution >= 0.6 is 47.0 Å². The van der Waals surface area contributed by atoms with E-state index in [4.69, 9.17) is 0 Å². The van der Waals surface area contributed by atoms with E-state index >= 15 is 0 Å². The first-order chi connectivity index (χ1) is 27.8. The summed E-state index contributed by atoms with van der Waals surface area (Å²) in [4.78, 5) is 14.7. The van der Waals surface area contributed by atoms with Gasteiger partial charge in [-0.25, -0.2) is 4.79 Å². The average molecular weight is 876 g/mol. The molecule has 0 rings (SSSR count). The highest BCUT2D eigenvalue weighted by atomic mass is 32.2. The highest BCUT2D eigenvalue weighted by molar-refractivity contribution is 8.25. The molecule has 0 spiro atoms. The molecule has 2 nitrogen and oxygen atoms in total. The van der Waals surface area contributed by atoms with E-state index in [1.54, 1.807) is 0 Å². The van der Waals surface area contributed by atoms with Gasteiger partial charge in [0, 0.05) is 21.0 Å². The molecule has 4 unspecified atom stereocenters. The van der Waals surface area contributed by atoms with Gasteiger partial charge in [-0.2, -0.15) is 0 Å². The molecule has 57 heavy (non-hydrogen) atoms. The normalized spacial score (nSPS) is 15.6. The zero-order valence-electron chi connectivity index (χ0n) is 39.8. The van der Waals surface area contributed by atoms with E-state index in [-0.39, 0.29) is 4.58 Å². The zero-order chi connectivity index (χ0) is 42.2. The van der Waals surface area contributed by atoms with Crippen LogP contribution in [0.2, 0.25) is 0 Å². The van der Waals surface area contributed by atoms with E-state index in [1.165, 1.54) is 218 Å². The molecule has 6 heteroatoms. The van der Waals surface area contributed by atoms with Crippen LogP contribution in [-0.4, -0.2) is 40.7 Å². The predicted molar refractivity (Wildman–Crippen MR) is 271 cm³/mol. The summed E-state index contributed by atoms with van der Waals surface area (Å²) < 4.78 is -0.772. The molecule has 0 heterocycles. The number of rotatable bonds is 46. The molecule has 1 N–H and O–H groups in total. The molecule has 0 amide bonds. The molecule has 0 aromatic heterocycles. The van der Waals surface area contributed by atoms with Crippen molar-refractivity contribution in [2.45, 2.75) is 316 Å². The Balaban J connectivity index is 7.32. The average Bonchev–Trinajstić information content (AvgIpc) is 3.21. The maximum absolute atomic E-state index is 14.7. The van der Waals surface area contributed by atoms with Gasteiger partial charge in [-0.15, -0.1) is 47.0 Å². The Hall–Kier alpha value is 0.870. The first-order valence-corrected chi connectivity index (χ1v) is 29.4. The van der Waals surface area contributed by atoms with E-state index in [0.29, 0.717) is 21.0 Å². The fourth-order valence-electron chi connectivity index (χ4n) is 8.11. The van der Waals surface area contributed by atoms with E-state index < -0.39 is 10.0 Å². The number of carbonyl (C=O) groups is 1. The van der Waals surface area contributed by atoms with E-state index in [0.717, 1.165) is 12.8 Å². The molecule has 0 radical (unpaired) electrons. The van der Waals surface area contributed by atoms with Crippen LogP contribution in [0.4, 0.5) is 0 Å². The fourth-order valence-corrected chi connectivity index (χ4v) is 16.7. The smallest absolute Gasteiger partial charge is 0.332 e. The van der Waals surface area contributed by atoms with Gasteiger partial charge >= 0.3 is 5.97 Å². The summed E-state index contributed by atoms with van der Waals surface area (Å²) in [5, 5.41) is 14.0. The van der Waals surface area contributed by atoms with E-state index in [2.05, 4.69) is 78.9 Å². The molecule has 0 aliphatic heterocycles. The van der Waals surface area contributed by atoms with Crippen molar-refractivity contribution in [2.75, 3.05) is 0 Å². The van der Waals surface area contributed by atoms with Gasteiger partial charge in [0.1, 0.15) is 0 Å². The van der Waals surface area contributed by atoms with Crippen molar-refractivity contribution in [3.8, 4) is 0 Å². The van der Waals surface area contributed by atoms with Crippen molar-refractivity contribution in [1.82, 2.24) is 0 Å². The monoisotopic (exact) mass is 875 g/mol. The lowest BCUT2D eigenvalue weighted by molar-refractivity contribution is -0.137. The van der Waals surface area contributed by atoms with Crippen LogP contribution in [0.3, 0.4) is 0 Å². The summed E-state index contributed by atoms with van der Waals surface area (Å²) in [6.07, 6.45) is 45.5. The minimum Gasteiger partial charge on any atom is -0.480 e. The summed E-state index contributed by atoms with van der Waals surface area (Å²) in [5.41, 5.74) is 0. The van der Waals surface area contributed by atoms with E-state index in [1.807, 2.05) is 23.5 Å². The molecule has 0 saturated carbocycles. The quantitative estimate of drug-likeness (QED) is 0.0485. The minimum absolute atomic E-state index is 0.0634. The van der Waals surface area contributed by atoms with E-state index in [9.17, 15) is 9.90 Å². The van der Waals surface area contributed by atoms with Crippen molar-refractivity contribution < 1.29 is 9.90 Å². The highest BCUT2D eigenvalue weighted by Gasteiger charge is 2.52. The summed E-state index contributed by atoms with van der Waals surface area (Å²) in [7, 11) is 0. The second kappa shape index (κ2) is 42.2. The minimum atomic E-state index is -0.835. The van der Waals surface area contributed by atoms with Gasteiger partial charge in [-0.3, -0.25) is 0 Å². The fraction of sp³-hybridized carbons (Fsp3) is 0.980. The summed E-state index contributed by atoms with van der Waals surface area (Å²) in [6, 6.07) is 0. The predicted octanol–water partition coefficient (Wildman–Crippen LogP) is 19.7. The molecular weight excluding hydrogens is 773 g/mol. The Morgan fingerprint density at radius 3 is 0.842 bits per heavy atom. The largest absolute Gasteiger partial charge is 0.480 e. The zero-order valence-corrected chi connectivity index (χ0v) is 43.1. The Kier molecular flexibility index (Phi) is 42.8. The van der Waals surface area contributed by atoms with Crippen LogP contribution in [0.25, 0.3) is 0 Å². The lowest BCUT2D eigenvalue weighted by Crippen LogP contribution is -2.45. The Bertz CT molecular complexity index is 784. The van der Waals surface area contributed by atoms with Gasteiger partial charge in [-0.1, -0.05) is 235 Å². The summed E-state index contributed by atoms with van der Waals surface area (Å²) >= 11 is 8.34. The third-order valence-electron chi connectivity index (χ3n) is 12.0. The number of aliphatic carboxylic acids is 1. The summed E-state index contributed by atoms with van der Waals surface area (Å²) in [6.45, 7) is 18.6. The molecule has 0 bridgehead atoms. The van der Waals surface area contributed by atoms with Crippen molar-refractivity contribution in [3.05, 3.63) is 0 Å². The number of carboxylic acid groups (broad SMARTS) is 1. The van der Waals surface area contributed by atoms with Gasteiger partial charge in [0.05, 0.1) is 4.58 Å². The van der Waals surface area contributed by atoms with Crippen molar-refractivity contribution in [2.24, 2.45) is 0 Å². The topological polar surface area (TPSA) is 37.3 Å². The molecule has 342 valence electrons. The van der Waals surface area contributed by atoms with Crippen LogP contribution in [-0.2, 0) is 4.79 Å². The van der Waals surface area contributed by atoms with Crippen LogP contribution < -0.4 is 0 Å². The first kappa shape index (κ1) is 57.9. The Morgan fingerprint density at radius 1 is 0.351 bits per heavy atom. The van der Waals surface area contributed by atoms with Crippen molar-refractivity contribution >= 4 is 53.0 Å². The molecule has 0 aliphatic rings. The van der Waals surface area contributed by atoms with Gasteiger partial charge in [-0.05, 0) is 51.4 Å². The maximum Gasteiger partial charge on any atom is 0.332 e. The lowest BCUT2D eigenvalue weighted by atomic mass is 10.1. The van der Waals surface area contributed by atoms with Gasteiger partial charge in [0.25, 0.3) is 0 Å². The van der Waals surface area contributed by atoms with Gasteiger partial charge in [0.15, 0.2) is 4.08 Å². The lowest BCUT2D eigenvalue weighted by Gasteiger charge is -2.42. The molecule has 0 aliphatic carbocycles. The molecule has 0 aromatic carbocycles. The van der Waals surface area contributed by atoms with Crippen molar-refractivity contribution in [3.63, 3.8) is 0 Å². The van der Waals surface area contributed by atoms with Gasteiger partial charge < -0.3 is 5.11 Å². The van der Waals surface area contributed by atoms with Crippen LogP contribution in [0.5, 0.6) is 0 Å². The highest BCUT2D eigenvalue weighted by Crippen LogP contribution is 2.57. The second-order valence-electron chi connectivity index (χ2n) is 17.7. The van der Waals surface area contributed by atoms with Gasteiger partial charge in [0.2, 0.25) is 0 Å². The second-order valence-corrected chi connectivity index (χ2v) is 24.2. The molecule has 0 fully saturated rings. The number of hydrogen-bond acceptors (Lipinski definition) is 5. The Labute approximate surface area is 376 Å². The number of thioether (sulfide) groups is 4. The van der Waals surface area contributed by atoms with Crippen LogP contribution in [0, 0.1) is 0 Å². The third-order valence-corrected chi connectivity index (χ3v) is 19.8. The maximum atomic E-state index is 14.7. The SMILES string of the molecule is CCCCCCCC(CCCC)SC(SC(CCCC)CCCCCCC)C(SC(CCCC)CCCCCCC)(SC(CCCC)CCCCCCC)C(=O)O. The summed E-state index contributed by atoms with van der Waals surface area (Å²) in [5.74, 6) is -0.503. The van der Waals surface area contributed by atoms with Crippen LogP contribution in [0.1, 0.15) is 287 Å². The Morgan fingerprint density at radius 2 is 0.579 bits per heavy atom. The molecular formula is C51H102O2S4. The van der Waals surface area contributed by atoms with Crippen molar-refractivity contribution in [1.29, 1.82) is 0 Å². The number of carboxylic acids is 1. The standard InChI is InChI=1S/C51H102O2S4/c1-9-17-25-29-33-41-45(37-21-13-5)54-50(55-46(38-22-14-6)42-34-30-26-18-10-2)51(49(52)53,56-47(39-23-15-7)43-35-31-27-19-11-3)57-48(40-24-16-8)44-36-32-28-20-12-4/h45-48,50H,9-44H2,1-8H3,(H,52,53). The van der Waals surface area contributed by atoms with Crippen LogP contribution in [0.15, 0.2) is 0 Å². The third kappa shape index (κ3) is 30.5. The number of unbranched alkanes of at least 4 members (excludes halogenated alkanes) is 20. The molecule has 0 aromatic rings. The number of hydrogen-bond donors (Lipinski definition) is 1.